The molecule has 1 aliphatic rings. The molecule has 0 atom stereocenters. The van der Waals surface area contributed by atoms with Gasteiger partial charge in [-0.2, -0.15) is 0 Å². The Kier molecular flexibility index (Phi) is 3.57. The molecule has 16 heavy (non-hydrogen) atoms. The maximum absolute atomic E-state index is 11.6. The Bertz CT molecular complexity index is 372. The third kappa shape index (κ3) is 2.61. The normalized spacial score (nSPS) is 15.6. The van der Waals surface area contributed by atoms with E-state index in [4.69, 9.17) is 5.11 Å². The van der Waals surface area contributed by atoms with Gasteiger partial charge in [0.15, 0.2) is 0 Å². The van der Waals surface area contributed by atoms with E-state index in [9.17, 15) is 4.79 Å². The van der Waals surface area contributed by atoms with Crippen LogP contribution >= 0.6 is 0 Å². The molecular weight excluding hydrogens is 202 g/mol. The fourth-order valence-corrected chi connectivity index (χ4v) is 1.84. The smallest absolute Gasteiger partial charge is 0.223 e. The molecule has 3 nitrogen and oxygen atoms in total. The van der Waals surface area contributed by atoms with E-state index in [-0.39, 0.29) is 18.4 Å². The van der Waals surface area contributed by atoms with Crippen molar-refractivity contribution in [2.75, 3.05) is 0 Å². The van der Waals surface area contributed by atoms with Crippen LogP contribution in [-0.2, 0) is 17.9 Å². The average Bonchev–Trinajstić information content (AvgIpc) is 2.24. The number of hydrogen-bond donors (Lipinski definition) is 2. The lowest BCUT2D eigenvalue weighted by molar-refractivity contribution is -0.127. The number of benzene rings is 1. The van der Waals surface area contributed by atoms with E-state index in [2.05, 4.69) is 5.32 Å². The summed E-state index contributed by atoms with van der Waals surface area (Å²) in [4.78, 5) is 11.6. The highest BCUT2D eigenvalue weighted by atomic mass is 16.3. The molecule has 0 aromatic heterocycles. The molecule has 0 radical (unpaired) electrons. The Morgan fingerprint density at radius 2 is 2.12 bits per heavy atom. The molecule has 0 bridgehead atoms. The number of rotatable bonds is 4. The summed E-state index contributed by atoms with van der Waals surface area (Å²) < 4.78 is 0. The summed E-state index contributed by atoms with van der Waals surface area (Å²) in [6.45, 7) is 0.605. The minimum atomic E-state index is 0.0460. The molecular formula is C13H17NO2. The Labute approximate surface area is 95.5 Å². The first-order valence-electron chi connectivity index (χ1n) is 5.76. The first-order valence-corrected chi connectivity index (χ1v) is 5.76. The zero-order chi connectivity index (χ0) is 11.4. The van der Waals surface area contributed by atoms with Gasteiger partial charge < -0.3 is 10.4 Å². The minimum absolute atomic E-state index is 0.0460. The van der Waals surface area contributed by atoms with Gasteiger partial charge in [0.25, 0.3) is 0 Å². The van der Waals surface area contributed by atoms with E-state index in [0.717, 1.165) is 24.0 Å². The Morgan fingerprint density at radius 3 is 2.75 bits per heavy atom. The second-order valence-electron chi connectivity index (χ2n) is 4.32. The van der Waals surface area contributed by atoms with Crippen LogP contribution in [0.1, 0.15) is 30.4 Å². The second kappa shape index (κ2) is 5.12. The summed E-state index contributed by atoms with van der Waals surface area (Å²) in [5, 5.41) is 11.9. The van der Waals surface area contributed by atoms with Crippen molar-refractivity contribution in [3.8, 4) is 0 Å². The number of aliphatic hydroxyl groups is 1. The number of carbonyl (C=O) groups is 1. The summed E-state index contributed by atoms with van der Waals surface area (Å²) in [5.41, 5.74) is 1.93. The SMILES string of the molecule is O=C(NCc1cccc(CO)c1)C1CCC1. The maximum atomic E-state index is 11.6. The van der Waals surface area contributed by atoms with Crippen LogP contribution < -0.4 is 5.32 Å². The van der Waals surface area contributed by atoms with Gasteiger partial charge in [-0.3, -0.25) is 4.79 Å². The molecule has 0 saturated heterocycles. The molecule has 1 aromatic rings. The third-order valence-electron chi connectivity index (χ3n) is 3.12. The highest BCUT2D eigenvalue weighted by molar-refractivity contribution is 5.79. The monoisotopic (exact) mass is 219 g/mol. The van der Waals surface area contributed by atoms with Crippen molar-refractivity contribution in [1.29, 1.82) is 0 Å². The Hall–Kier alpha value is -1.35. The fraction of sp³-hybridized carbons (Fsp3) is 0.462. The third-order valence-corrected chi connectivity index (χ3v) is 3.12. The molecule has 3 heteroatoms. The average molecular weight is 219 g/mol. The maximum Gasteiger partial charge on any atom is 0.223 e. The number of hydrogen-bond acceptors (Lipinski definition) is 2. The molecule has 0 unspecified atom stereocenters. The zero-order valence-corrected chi connectivity index (χ0v) is 9.28. The van der Waals surface area contributed by atoms with Crippen molar-refractivity contribution in [2.45, 2.75) is 32.4 Å². The number of aliphatic hydroxyl groups excluding tert-OH is 1. The van der Waals surface area contributed by atoms with E-state index < -0.39 is 0 Å². The lowest BCUT2D eigenvalue weighted by Crippen LogP contribution is -2.33. The molecule has 86 valence electrons. The largest absolute Gasteiger partial charge is 0.392 e. The lowest BCUT2D eigenvalue weighted by Gasteiger charge is -2.24. The van der Waals surface area contributed by atoms with Crippen LogP contribution in [0, 0.1) is 5.92 Å². The van der Waals surface area contributed by atoms with Gasteiger partial charge in [-0.1, -0.05) is 30.7 Å². The molecule has 2 rings (SSSR count). The molecule has 1 aliphatic carbocycles. The molecule has 2 N–H and O–H groups in total. The van der Waals surface area contributed by atoms with Crippen LogP contribution in [0.4, 0.5) is 0 Å². The van der Waals surface area contributed by atoms with Crippen molar-refractivity contribution in [1.82, 2.24) is 5.32 Å². The van der Waals surface area contributed by atoms with Crippen molar-refractivity contribution in [2.24, 2.45) is 5.92 Å². The Balaban J connectivity index is 1.86. The quantitative estimate of drug-likeness (QED) is 0.808. The van der Waals surface area contributed by atoms with E-state index in [1.54, 1.807) is 0 Å². The van der Waals surface area contributed by atoms with Crippen LogP contribution in [0.2, 0.25) is 0 Å². The van der Waals surface area contributed by atoms with Gasteiger partial charge in [0.1, 0.15) is 0 Å². The van der Waals surface area contributed by atoms with E-state index in [1.807, 2.05) is 24.3 Å². The van der Waals surface area contributed by atoms with Gasteiger partial charge >= 0.3 is 0 Å². The van der Waals surface area contributed by atoms with Gasteiger partial charge in [0.05, 0.1) is 6.61 Å². The summed E-state index contributed by atoms with van der Waals surface area (Å²) in [7, 11) is 0. The second-order valence-corrected chi connectivity index (χ2v) is 4.32. The van der Waals surface area contributed by atoms with Gasteiger partial charge in [0, 0.05) is 12.5 Å². The Morgan fingerprint density at radius 1 is 1.38 bits per heavy atom. The van der Waals surface area contributed by atoms with Gasteiger partial charge in [0.2, 0.25) is 5.91 Å². The van der Waals surface area contributed by atoms with Crippen LogP contribution in [0.25, 0.3) is 0 Å². The lowest BCUT2D eigenvalue weighted by atomic mass is 9.85. The van der Waals surface area contributed by atoms with Crippen LogP contribution in [-0.4, -0.2) is 11.0 Å². The summed E-state index contributed by atoms with van der Waals surface area (Å²) in [5.74, 6) is 0.404. The van der Waals surface area contributed by atoms with Crippen molar-refractivity contribution in [3.63, 3.8) is 0 Å². The van der Waals surface area contributed by atoms with Crippen molar-refractivity contribution < 1.29 is 9.90 Å². The molecule has 1 amide bonds. The van der Waals surface area contributed by atoms with Crippen LogP contribution in [0.5, 0.6) is 0 Å². The summed E-state index contributed by atoms with van der Waals surface area (Å²) >= 11 is 0. The molecule has 0 heterocycles. The standard InChI is InChI=1S/C13H17NO2/c15-9-11-4-1-3-10(7-11)8-14-13(16)12-5-2-6-12/h1,3-4,7,12,15H,2,5-6,8-9H2,(H,14,16). The first-order chi connectivity index (χ1) is 7.79. The van der Waals surface area contributed by atoms with Crippen LogP contribution in [0.3, 0.4) is 0 Å². The van der Waals surface area contributed by atoms with E-state index >= 15 is 0 Å². The van der Waals surface area contributed by atoms with Crippen molar-refractivity contribution in [3.05, 3.63) is 35.4 Å². The molecule has 1 saturated carbocycles. The fourth-order valence-electron chi connectivity index (χ4n) is 1.84. The molecule has 1 aromatic carbocycles. The van der Waals surface area contributed by atoms with Gasteiger partial charge in [-0.15, -0.1) is 0 Å². The number of carbonyl (C=O) groups excluding carboxylic acids is 1. The molecule has 0 spiro atoms. The summed E-state index contributed by atoms with van der Waals surface area (Å²) in [6, 6.07) is 7.65. The number of nitrogens with one attached hydrogen (secondary N) is 1. The molecule has 0 aliphatic heterocycles. The summed E-state index contributed by atoms with van der Waals surface area (Å²) in [6.07, 6.45) is 3.24. The zero-order valence-electron chi connectivity index (χ0n) is 9.28. The minimum Gasteiger partial charge on any atom is -0.392 e. The van der Waals surface area contributed by atoms with E-state index in [1.165, 1.54) is 6.42 Å². The van der Waals surface area contributed by atoms with Gasteiger partial charge in [-0.25, -0.2) is 0 Å². The number of amides is 1. The predicted octanol–water partition coefficient (Wildman–Crippen LogP) is 1.60. The van der Waals surface area contributed by atoms with Crippen LogP contribution in [0.15, 0.2) is 24.3 Å². The van der Waals surface area contributed by atoms with Crippen molar-refractivity contribution >= 4 is 5.91 Å². The molecule has 1 fully saturated rings. The first kappa shape index (κ1) is 11.1. The topological polar surface area (TPSA) is 49.3 Å². The highest BCUT2D eigenvalue weighted by Gasteiger charge is 2.24. The highest BCUT2D eigenvalue weighted by Crippen LogP contribution is 2.26. The van der Waals surface area contributed by atoms with Gasteiger partial charge in [-0.05, 0) is 24.0 Å². The van der Waals surface area contributed by atoms with E-state index in [0.29, 0.717) is 6.54 Å². The predicted molar refractivity (Wildman–Crippen MR) is 61.6 cm³/mol.